The molecule has 2 N–H and O–H groups in total. The van der Waals surface area contributed by atoms with E-state index in [1.165, 1.54) is 0 Å². The lowest BCUT2D eigenvalue weighted by atomic mass is 10.1. The van der Waals surface area contributed by atoms with Crippen LogP contribution in [-0.4, -0.2) is 28.9 Å². The minimum atomic E-state index is -0.0706. The van der Waals surface area contributed by atoms with Gasteiger partial charge in [0.15, 0.2) is 0 Å². The van der Waals surface area contributed by atoms with E-state index in [4.69, 9.17) is 29.6 Å². The monoisotopic (exact) mass is 284 g/mol. The molecule has 0 fully saturated rings. The van der Waals surface area contributed by atoms with Crippen LogP contribution < -0.4 is 5.73 Å². The highest BCUT2D eigenvalue weighted by molar-refractivity contribution is 7.80. The summed E-state index contributed by atoms with van der Waals surface area (Å²) in [5.41, 5.74) is 7.01. The van der Waals surface area contributed by atoms with Crippen molar-refractivity contribution in [1.29, 1.82) is 0 Å². The third-order valence-electron chi connectivity index (χ3n) is 2.91. The van der Waals surface area contributed by atoms with Crippen molar-refractivity contribution in [1.82, 2.24) is 4.90 Å². The molecule has 0 heterocycles. The fourth-order valence-electron chi connectivity index (χ4n) is 1.64. The van der Waals surface area contributed by atoms with Gasteiger partial charge in [-0.3, -0.25) is 4.79 Å². The Bertz CT molecular complexity index is 476. The quantitative estimate of drug-likeness (QED) is 0.865. The topological polar surface area (TPSA) is 46.3 Å². The van der Waals surface area contributed by atoms with Crippen molar-refractivity contribution in [3.63, 3.8) is 0 Å². The maximum atomic E-state index is 12.3. The Balaban J connectivity index is 2.92. The summed E-state index contributed by atoms with van der Waals surface area (Å²) in [6.07, 6.45) is 0.511. The van der Waals surface area contributed by atoms with E-state index < -0.39 is 0 Å². The van der Waals surface area contributed by atoms with Crippen LogP contribution in [0.4, 0.5) is 0 Å². The van der Waals surface area contributed by atoms with Gasteiger partial charge in [-0.25, -0.2) is 0 Å². The van der Waals surface area contributed by atoms with Gasteiger partial charge in [-0.05, 0) is 31.5 Å². The highest BCUT2D eigenvalue weighted by Gasteiger charge is 2.19. The molecule has 0 saturated heterocycles. The number of aryl methyl sites for hydroxylation is 1. The number of carbonyl (C=O) groups is 1. The molecular formula is C13H17ClN2OS. The van der Waals surface area contributed by atoms with Gasteiger partial charge in [-0.15, -0.1) is 0 Å². The number of hydrogen-bond donors (Lipinski definition) is 1. The highest BCUT2D eigenvalue weighted by atomic mass is 35.5. The fourth-order valence-corrected chi connectivity index (χ4v) is 2.06. The molecule has 5 heteroatoms. The van der Waals surface area contributed by atoms with Crippen molar-refractivity contribution in [2.24, 2.45) is 5.73 Å². The van der Waals surface area contributed by atoms with Crippen LogP contribution >= 0.6 is 23.8 Å². The summed E-state index contributed by atoms with van der Waals surface area (Å²) >= 11 is 10.8. The van der Waals surface area contributed by atoms with Crippen LogP contribution in [0.5, 0.6) is 0 Å². The predicted molar refractivity (Wildman–Crippen MR) is 79.1 cm³/mol. The fraction of sp³-hybridized carbons (Fsp3) is 0.385. The molecule has 98 valence electrons. The minimum Gasteiger partial charge on any atom is -0.393 e. The number of carbonyl (C=O) groups excluding carboxylic acids is 1. The molecule has 3 nitrogen and oxygen atoms in total. The first-order valence-electron chi connectivity index (χ1n) is 5.64. The van der Waals surface area contributed by atoms with Crippen molar-refractivity contribution < 1.29 is 4.79 Å². The Morgan fingerprint density at radius 2 is 2.17 bits per heavy atom. The van der Waals surface area contributed by atoms with Crippen LogP contribution in [0.1, 0.15) is 29.3 Å². The lowest BCUT2D eigenvalue weighted by Gasteiger charge is -2.25. The van der Waals surface area contributed by atoms with Gasteiger partial charge in [-0.2, -0.15) is 0 Å². The van der Waals surface area contributed by atoms with Crippen molar-refractivity contribution >= 4 is 34.7 Å². The van der Waals surface area contributed by atoms with E-state index in [0.717, 1.165) is 5.56 Å². The average Bonchev–Trinajstić information content (AvgIpc) is 2.29. The Labute approximate surface area is 118 Å². The van der Waals surface area contributed by atoms with Crippen molar-refractivity contribution in [3.05, 3.63) is 34.3 Å². The molecule has 0 aliphatic heterocycles. The van der Waals surface area contributed by atoms with Crippen LogP contribution in [0.25, 0.3) is 0 Å². The average molecular weight is 285 g/mol. The van der Waals surface area contributed by atoms with E-state index in [0.29, 0.717) is 22.0 Å². The summed E-state index contributed by atoms with van der Waals surface area (Å²) in [4.78, 5) is 14.4. The zero-order valence-corrected chi connectivity index (χ0v) is 12.3. The Morgan fingerprint density at radius 1 is 1.56 bits per heavy atom. The minimum absolute atomic E-state index is 0.0339. The molecule has 0 bridgehead atoms. The number of nitrogens with two attached hydrogens (primary N) is 1. The zero-order chi connectivity index (χ0) is 13.9. The number of nitrogens with zero attached hydrogens (tertiary/aromatic N) is 1. The summed E-state index contributed by atoms with van der Waals surface area (Å²) in [6, 6.07) is 5.25. The Morgan fingerprint density at radius 3 is 2.72 bits per heavy atom. The van der Waals surface area contributed by atoms with Gasteiger partial charge >= 0.3 is 0 Å². The smallest absolute Gasteiger partial charge is 0.254 e. The molecule has 0 saturated carbocycles. The molecule has 0 aromatic heterocycles. The molecule has 18 heavy (non-hydrogen) atoms. The van der Waals surface area contributed by atoms with Crippen LogP contribution in [-0.2, 0) is 0 Å². The third kappa shape index (κ3) is 3.68. The molecule has 1 aromatic carbocycles. The highest BCUT2D eigenvalue weighted by Crippen LogP contribution is 2.18. The summed E-state index contributed by atoms with van der Waals surface area (Å²) in [5.74, 6) is -0.0706. The van der Waals surface area contributed by atoms with E-state index in [1.807, 2.05) is 19.9 Å². The van der Waals surface area contributed by atoms with E-state index >= 15 is 0 Å². The van der Waals surface area contributed by atoms with Crippen LogP contribution in [0.3, 0.4) is 0 Å². The summed E-state index contributed by atoms with van der Waals surface area (Å²) in [7, 11) is 1.74. The van der Waals surface area contributed by atoms with Gasteiger partial charge in [-0.1, -0.05) is 29.9 Å². The largest absolute Gasteiger partial charge is 0.393 e. The number of rotatable bonds is 4. The van der Waals surface area contributed by atoms with Gasteiger partial charge in [0.2, 0.25) is 0 Å². The predicted octanol–water partition coefficient (Wildman–Crippen LogP) is 2.79. The molecule has 1 atom stereocenters. The number of halogens is 1. The normalized spacial score (nSPS) is 12.0. The van der Waals surface area contributed by atoms with Gasteiger partial charge in [0, 0.05) is 30.1 Å². The number of benzene rings is 1. The second-order valence-corrected chi connectivity index (χ2v) is 5.36. The Kier molecular flexibility index (Phi) is 5.11. The van der Waals surface area contributed by atoms with Crippen LogP contribution in [0.15, 0.2) is 18.2 Å². The third-order valence-corrected chi connectivity index (χ3v) is 3.31. The lowest BCUT2D eigenvalue weighted by molar-refractivity contribution is 0.0747. The summed E-state index contributed by atoms with van der Waals surface area (Å²) in [6.45, 7) is 3.80. The van der Waals surface area contributed by atoms with Crippen molar-refractivity contribution in [3.8, 4) is 0 Å². The molecule has 1 rings (SSSR count). The van der Waals surface area contributed by atoms with Crippen molar-refractivity contribution in [2.45, 2.75) is 26.3 Å². The van der Waals surface area contributed by atoms with Gasteiger partial charge in [0.05, 0.1) is 4.99 Å². The first-order chi connectivity index (χ1) is 8.32. The molecule has 0 aliphatic carbocycles. The molecule has 1 amide bonds. The molecule has 1 unspecified atom stereocenters. The Hall–Kier alpha value is -1.13. The summed E-state index contributed by atoms with van der Waals surface area (Å²) < 4.78 is 0. The lowest BCUT2D eigenvalue weighted by Crippen LogP contribution is -2.37. The maximum absolute atomic E-state index is 12.3. The van der Waals surface area contributed by atoms with Gasteiger partial charge < -0.3 is 10.6 Å². The molecule has 0 spiro atoms. The standard InChI is InChI=1S/C13H17ClN2OS/c1-8-4-5-10(14)7-11(8)13(17)16(3)9(2)6-12(15)18/h4-5,7,9H,6H2,1-3H3,(H2,15,18). The number of hydrogen-bond acceptors (Lipinski definition) is 2. The summed E-state index contributed by atoms with van der Waals surface area (Å²) in [5, 5.41) is 0.555. The van der Waals surface area contributed by atoms with E-state index in [-0.39, 0.29) is 11.9 Å². The maximum Gasteiger partial charge on any atom is 0.254 e. The molecule has 1 aromatic rings. The van der Waals surface area contributed by atoms with Gasteiger partial charge in [0.1, 0.15) is 0 Å². The van der Waals surface area contributed by atoms with Crippen LogP contribution in [0, 0.1) is 6.92 Å². The van der Waals surface area contributed by atoms with Crippen LogP contribution in [0.2, 0.25) is 5.02 Å². The molecular weight excluding hydrogens is 268 g/mol. The first kappa shape index (κ1) is 14.9. The second-order valence-electron chi connectivity index (χ2n) is 4.39. The molecule has 0 aliphatic rings. The van der Waals surface area contributed by atoms with Gasteiger partial charge in [0.25, 0.3) is 5.91 Å². The first-order valence-corrected chi connectivity index (χ1v) is 6.43. The van der Waals surface area contributed by atoms with E-state index in [2.05, 4.69) is 0 Å². The van der Waals surface area contributed by atoms with E-state index in [1.54, 1.807) is 24.1 Å². The zero-order valence-electron chi connectivity index (χ0n) is 10.7. The second kappa shape index (κ2) is 6.16. The molecule has 0 radical (unpaired) electrons. The number of thiocarbonyl (C=S) groups is 1. The van der Waals surface area contributed by atoms with Crippen molar-refractivity contribution in [2.75, 3.05) is 7.05 Å². The van der Waals surface area contributed by atoms with E-state index in [9.17, 15) is 4.79 Å². The SMILES string of the molecule is Cc1ccc(Cl)cc1C(=O)N(C)C(C)CC(N)=S. The number of amides is 1.